The Morgan fingerprint density at radius 2 is 1.95 bits per heavy atom. The first-order valence-electron chi connectivity index (χ1n) is 14.8. The molecule has 2 atom stereocenters. The van der Waals surface area contributed by atoms with Gasteiger partial charge in [-0.25, -0.2) is 4.98 Å². The summed E-state index contributed by atoms with van der Waals surface area (Å²) in [5, 5.41) is 23.3. The molecule has 7 nitrogen and oxygen atoms in total. The van der Waals surface area contributed by atoms with Crippen LogP contribution in [0.2, 0.25) is 0 Å². The largest absolute Gasteiger partial charge is 0.393 e. The molecule has 39 heavy (non-hydrogen) atoms. The zero-order valence-electron chi connectivity index (χ0n) is 23.3. The normalized spacial score (nSPS) is 21.9. The zero-order valence-corrected chi connectivity index (χ0v) is 23.3. The van der Waals surface area contributed by atoms with Crippen molar-refractivity contribution in [3.63, 3.8) is 0 Å². The fraction of sp³-hybridized carbons (Fsp3) is 0.562. The van der Waals surface area contributed by atoms with E-state index in [-0.39, 0.29) is 24.0 Å². The summed E-state index contributed by atoms with van der Waals surface area (Å²) in [6.45, 7) is 3.30. The Kier molecular flexibility index (Phi) is 8.62. The van der Waals surface area contributed by atoms with E-state index in [0.29, 0.717) is 37.5 Å². The molecule has 1 aromatic carbocycles. The quantitative estimate of drug-likeness (QED) is 0.518. The van der Waals surface area contributed by atoms with Gasteiger partial charge in [0.25, 0.3) is 5.91 Å². The van der Waals surface area contributed by atoms with Crippen LogP contribution < -0.4 is 5.32 Å². The number of carbonyl (C=O) groups excluding carboxylic acids is 1. The number of pyridine rings is 1. The molecule has 1 saturated heterocycles. The standard InChI is InChI=1S/C32H41N5O2/c1-3-6-22-19-24(10-9-23(22)20-33)35-30(21-7-4-5-8-21)27-12-13-28-26(31(27)34-2)11-14-29(36-28)32(39)37-17-15-25(38)16-18-37/h9-11,14,19,21,25,27,30,35,38H,3-8,12-13,15-18H2,1-2H3/t27-,30+/m1/s1. The molecule has 0 bridgehead atoms. The van der Waals surface area contributed by atoms with E-state index in [1.807, 2.05) is 24.1 Å². The van der Waals surface area contributed by atoms with Crippen LogP contribution in [0.5, 0.6) is 0 Å². The maximum Gasteiger partial charge on any atom is 0.272 e. The fourth-order valence-electron chi connectivity index (χ4n) is 6.86. The third-order valence-electron chi connectivity index (χ3n) is 8.92. The van der Waals surface area contributed by atoms with Crippen molar-refractivity contribution in [1.29, 1.82) is 5.26 Å². The highest BCUT2D eigenvalue weighted by molar-refractivity contribution is 6.05. The van der Waals surface area contributed by atoms with Gasteiger partial charge in [-0.05, 0) is 86.8 Å². The predicted molar refractivity (Wildman–Crippen MR) is 154 cm³/mol. The van der Waals surface area contributed by atoms with E-state index < -0.39 is 0 Å². The molecule has 2 heterocycles. The van der Waals surface area contributed by atoms with E-state index in [2.05, 4.69) is 36.5 Å². The number of amides is 1. The Bertz CT molecular complexity index is 1250. The van der Waals surface area contributed by atoms with Crippen LogP contribution in [-0.2, 0) is 12.8 Å². The van der Waals surface area contributed by atoms with Crippen LogP contribution in [0.3, 0.4) is 0 Å². The molecule has 2 aliphatic carbocycles. The molecule has 0 radical (unpaired) electrons. The minimum atomic E-state index is -0.310. The van der Waals surface area contributed by atoms with Gasteiger partial charge in [0.1, 0.15) is 5.69 Å². The van der Waals surface area contributed by atoms with E-state index in [1.54, 1.807) is 0 Å². The average molecular weight is 528 g/mol. The molecule has 5 rings (SSSR count). The molecule has 2 N–H and O–H groups in total. The molecule has 1 amide bonds. The second kappa shape index (κ2) is 12.3. The highest BCUT2D eigenvalue weighted by atomic mass is 16.3. The van der Waals surface area contributed by atoms with Crippen molar-refractivity contribution in [1.82, 2.24) is 9.88 Å². The van der Waals surface area contributed by atoms with Crippen LogP contribution in [-0.4, -0.2) is 58.9 Å². The summed E-state index contributed by atoms with van der Waals surface area (Å²) in [5.74, 6) is 0.778. The lowest BCUT2D eigenvalue weighted by Gasteiger charge is -2.37. The number of rotatable bonds is 7. The predicted octanol–water partition coefficient (Wildman–Crippen LogP) is 5.15. The molecule has 1 aliphatic heterocycles. The van der Waals surface area contributed by atoms with Gasteiger partial charge in [0, 0.05) is 49.1 Å². The van der Waals surface area contributed by atoms with Gasteiger partial charge in [-0.1, -0.05) is 26.2 Å². The van der Waals surface area contributed by atoms with E-state index in [0.717, 1.165) is 59.5 Å². The minimum Gasteiger partial charge on any atom is -0.393 e. The van der Waals surface area contributed by atoms with Gasteiger partial charge in [0.2, 0.25) is 0 Å². The van der Waals surface area contributed by atoms with Crippen LogP contribution in [0.4, 0.5) is 5.69 Å². The van der Waals surface area contributed by atoms with Crippen molar-refractivity contribution < 1.29 is 9.90 Å². The number of nitriles is 1. The van der Waals surface area contributed by atoms with Crippen LogP contribution in [0.15, 0.2) is 35.3 Å². The Hall–Kier alpha value is -3.24. The van der Waals surface area contributed by atoms with Crippen molar-refractivity contribution in [2.75, 3.05) is 25.5 Å². The molecule has 1 saturated carbocycles. The average Bonchev–Trinajstić information content (AvgIpc) is 3.50. The summed E-state index contributed by atoms with van der Waals surface area (Å²) in [5.41, 5.74) is 6.55. The van der Waals surface area contributed by atoms with Crippen LogP contribution in [0.1, 0.15) is 91.2 Å². The van der Waals surface area contributed by atoms with Gasteiger partial charge in [-0.15, -0.1) is 0 Å². The Labute approximate surface area is 232 Å². The molecular weight excluding hydrogens is 486 g/mol. The number of likely N-dealkylation sites (tertiary alicyclic amines) is 1. The minimum absolute atomic E-state index is 0.0454. The van der Waals surface area contributed by atoms with Crippen LogP contribution in [0, 0.1) is 23.2 Å². The molecule has 1 aromatic heterocycles. The van der Waals surface area contributed by atoms with E-state index in [9.17, 15) is 15.2 Å². The summed E-state index contributed by atoms with van der Waals surface area (Å²) < 4.78 is 0. The monoisotopic (exact) mass is 527 g/mol. The van der Waals surface area contributed by atoms with Crippen LogP contribution >= 0.6 is 0 Å². The molecule has 0 spiro atoms. The summed E-state index contributed by atoms with van der Waals surface area (Å²) >= 11 is 0. The molecule has 7 heteroatoms. The number of nitrogens with zero attached hydrogens (tertiary/aromatic N) is 4. The first kappa shape index (κ1) is 27.3. The van der Waals surface area contributed by atoms with Crippen molar-refractivity contribution in [2.45, 2.75) is 83.3 Å². The van der Waals surface area contributed by atoms with Crippen molar-refractivity contribution in [3.8, 4) is 6.07 Å². The molecule has 3 aliphatic rings. The van der Waals surface area contributed by atoms with Crippen LogP contribution in [0.25, 0.3) is 0 Å². The van der Waals surface area contributed by atoms with Gasteiger partial charge >= 0.3 is 0 Å². The third-order valence-corrected chi connectivity index (χ3v) is 8.92. The molecular formula is C32H41N5O2. The number of nitrogens with one attached hydrogen (secondary N) is 1. The number of aliphatic hydroxyl groups is 1. The number of piperidine rings is 1. The Morgan fingerprint density at radius 3 is 2.64 bits per heavy atom. The fourth-order valence-corrected chi connectivity index (χ4v) is 6.86. The van der Waals surface area contributed by atoms with Gasteiger partial charge < -0.3 is 15.3 Å². The number of aryl methyl sites for hydroxylation is 2. The number of aromatic nitrogens is 1. The van der Waals surface area contributed by atoms with E-state index in [4.69, 9.17) is 9.98 Å². The van der Waals surface area contributed by atoms with E-state index >= 15 is 0 Å². The lowest BCUT2D eigenvalue weighted by Crippen LogP contribution is -2.43. The molecule has 0 unspecified atom stereocenters. The topological polar surface area (TPSA) is 102 Å². The SMILES string of the molecule is CCCc1cc(N[C@@H](C2CCCC2)[C@H]2CCc3nc(C(=O)N4CCC(O)CC4)ccc3C2=NC)ccc1C#N. The second-order valence-corrected chi connectivity index (χ2v) is 11.4. The van der Waals surface area contributed by atoms with Gasteiger partial charge in [0.15, 0.2) is 0 Å². The maximum absolute atomic E-state index is 13.1. The number of hydrogen-bond acceptors (Lipinski definition) is 6. The molecule has 2 fully saturated rings. The third kappa shape index (κ3) is 5.86. The Balaban J connectivity index is 1.40. The van der Waals surface area contributed by atoms with Crippen molar-refractivity contribution in [2.24, 2.45) is 16.8 Å². The summed E-state index contributed by atoms with van der Waals surface area (Å²) in [6, 6.07) is 12.7. The summed E-state index contributed by atoms with van der Waals surface area (Å²) in [4.78, 5) is 24.6. The van der Waals surface area contributed by atoms with Gasteiger partial charge in [-0.3, -0.25) is 9.79 Å². The van der Waals surface area contributed by atoms with Crippen molar-refractivity contribution in [3.05, 3.63) is 58.4 Å². The summed E-state index contributed by atoms with van der Waals surface area (Å²) in [7, 11) is 1.88. The summed E-state index contributed by atoms with van der Waals surface area (Å²) in [6.07, 6.45) is 9.56. The Morgan fingerprint density at radius 1 is 1.18 bits per heavy atom. The number of aliphatic imine (C=N–C) groups is 1. The first-order chi connectivity index (χ1) is 19.0. The molecule has 2 aromatic rings. The number of fused-ring (bicyclic) bond motifs is 1. The van der Waals surface area contributed by atoms with Crippen molar-refractivity contribution >= 4 is 17.3 Å². The lowest BCUT2D eigenvalue weighted by atomic mass is 9.75. The number of aliphatic hydroxyl groups excluding tert-OH is 1. The number of hydrogen-bond donors (Lipinski definition) is 2. The number of anilines is 1. The number of benzene rings is 1. The smallest absolute Gasteiger partial charge is 0.272 e. The highest BCUT2D eigenvalue weighted by Gasteiger charge is 2.38. The molecule has 206 valence electrons. The number of carbonyl (C=O) groups is 1. The van der Waals surface area contributed by atoms with Gasteiger partial charge in [0.05, 0.1) is 23.4 Å². The zero-order chi connectivity index (χ0) is 27.4. The van der Waals surface area contributed by atoms with E-state index in [1.165, 1.54) is 25.7 Å². The lowest BCUT2D eigenvalue weighted by molar-refractivity contribution is 0.0541. The maximum atomic E-state index is 13.1. The highest BCUT2D eigenvalue weighted by Crippen LogP contribution is 2.38. The second-order valence-electron chi connectivity index (χ2n) is 11.4. The van der Waals surface area contributed by atoms with Gasteiger partial charge in [-0.2, -0.15) is 5.26 Å². The first-order valence-corrected chi connectivity index (χ1v) is 14.8.